The smallest absolute Gasteiger partial charge is 0.223 e. The summed E-state index contributed by atoms with van der Waals surface area (Å²) in [4.78, 5) is 5.39. The molecule has 3 aromatic rings. The zero-order valence-corrected chi connectivity index (χ0v) is 9.23. The van der Waals surface area contributed by atoms with E-state index in [1.54, 1.807) is 30.5 Å². The maximum Gasteiger partial charge on any atom is 0.223 e. The highest BCUT2D eigenvalue weighted by atomic mass is 19.1. The van der Waals surface area contributed by atoms with Crippen LogP contribution in [0.4, 0.5) is 4.39 Å². The van der Waals surface area contributed by atoms with Crippen LogP contribution < -0.4 is 0 Å². The molecule has 0 unspecified atom stereocenters. The third kappa shape index (κ3) is 1.95. The van der Waals surface area contributed by atoms with Crippen LogP contribution in [0.2, 0.25) is 0 Å². The lowest BCUT2D eigenvalue weighted by atomic mass is 10.3. The molecular weight excluding hydrogens is 233 g/mol. The predicted octanol–water partition coefficient (Wildman–Crippen LogP) is 1.86. The highest BCUT2D eigenvalue weighted by Crippen LogP contribution is 2.11. The molecule has 2 heterocycles. The molecule has 0 saturated heterocycles. The summed E-state index contributed by atoms with van der Waals surface area (Å²) in [5, 5.41) is 11.9. The Balaban J connectivity index is 2.00. The molecule has 2 aromatic heterocycles. The van der Waals surface area contributed by atoms with Crippen LogP contribution >= 0.6 is 0 Å². The van der Waals surface area contributed by atoms with Crippen LogP contribution in [-0.2, 0) is 0 Å². The second kappa shape index (κ2) is 4.33. The molecule has 6 heteroatoms. The van der Waals surface area contributed by atoms with Crippen LogP contribution in [0.25, 0.3) is 17.2 Å². The quantitative estimate of drug-likeness (QED) is 0.687. The van der Waals surface area contributed by atoms with Gasteiger partial charge in [0.15, 0.2) is 0 Å². The summed E-state index contributed by atoms with van der Waals surface area (Å²) in [5.41, 5.74) is 1.14. The number of nitrogens with zero attached hydrogens (tertiary/aromatic N) is 5. The zero-order chi connectivity index (χ0) is 12.4. The average Bonchev–Trinajstić information content (AvgIpc) is 2.89. The van der Waals surface area contributed by atoms with Gasteiger partial charge in [0.1, 0.15) is 11.5 Å². The summed E-state index contributed by atoms with van der Waals surface area (Å²) in [6.45, 7) is 0. The maximum absolute atomic E-state index is 13.1. The molecule has 0 bridgehead atoms. The standard InChI is InChI=1S/C12H8FN5/c13-9-4-3-5-10(8-9)18-16-12(15-17-18)11-6-1-2-7-14-11/h1-8H. The number of hydrogen-bond acceptors (Lipinski definition) is 4. The van der Waals surface area contributed by atoms with Gasteiger partial charge in [0, 0.05) is 12.3 Å². The van der Waals surface area contributed by atoms with E-state index in [-0.39, 0.29) is 5.82 Å². The summed E-state index contributed by atoms with van der Waals surface area (Å²) in [7, 11) is 0. The van der Waals surface area contributed by atoms with Gasteiger partial charge in [0.25, 0.3) is 0 Å². The van der Waals surface area contributed by atoms with Gasteiger partial charge in [-0.05, 0) is 29.5 Å². The number of halogens is 1. The number of rotatable bonds is 2. The van der Waals surface area contributed by atoms with E-state index < -0.39 is 0 Å². The summed E-state index contributed by atoms with van der Waals surface area (Å²) < 4.78 is 13.1. The molecular formula is C12H8FN5. The van der Waals surface area contributed by atoms with Crippen LogP contribution in [0.5, 0.6) is 0 Å². The number of pyridine rings is 1. The molecule has 0 aliphatic heterocycles. The first-order valence-electron chi connectivity index (χ1n) is 5.30. The minimum Gasteiger partial charge on any atom is -0.253 e. The first-order valence-corrected chi connectivity index (χ1v) is 5.30. The minimum absolute atomic E-state index is 0.343. The molecule has 0 atom stereocenters. The highest BCUT2D eigenvalue weighted by Gasteiger charge is 2.08. The van der Waals surface area contributed by atoms with E-state index in [0.29, 0.717) is 17.2 Å². The van der Waals surface area contributed by atoms with Gasteiger partial charge >= 0.3 is 0 Å². The molecule has 88 valence electrons. The van der Waals surface area contributed by atoms with Crippen molar-refractivity contribution < 1.29 is 4.39 Å². The molecule has 3 rings (SSSR count). The normalized spacial score (nSPS) is 10.5. The number of tetrazole rings is 1. The predicted molar refractivity (Wildman–Crippen MR) is 62.3 cm³/mol. The van der Waals surface area contributed by atoms with E-state index in [9.17, 15) is 4.39 Å². The summed E-state index contributed by atoms with van der Waals surface area (Å²) in [6.07, 6.45) is 1.65. The monoisotopic (exact) mass is 241 g/mol. The van der Waals surface area contributed by atoms with Gasteiger partial charge in [-0.1, -0.05) is 12.1 Å². The maximum atomic E-state index is 13.1. The lowest BCUT2D eigenvalue weighted by Crippen LogP contribution is -1.99. The largest absolute Gasteiger partial charge is 0.253 e. The van der Waals surface area contributed by atoms with E-state index >= 15 is 0 Å². The van der Waals surface area contributed by atoms with E-state index in [2.05, 4.69) is 20.4 Å². The molecule has 0 N–H and O–H groups in total. The van der Waals surface area contributed by atoms with Crippen LogP contribution in [0, 0.1) is 5.82 Å². The van der Waals surface area contributed by atoms with Gasteiger partial charge in [0.2, 0.25) is 5.82 Å². The summed E-state index contributed by atoms with van der Waals surface area (Å²) in [6, 6.07) is 11.4. The van der Waals surface area contributed by atoms with E-state index in [1.807, 2.05) is 6.07 Å². The highest BCUT2D eigenvalue weighted by molar-refractivity contribution is 5.47. The Morgan fingerprint density at radius 1 is 1.06 bits per heavy atom. The summed E-state index contributed by atoms with van der Waals surface area (Å²) in [5.74, 6) is 0.0593. The Morgan fingerprint density at radius 3 is 2.78 bits per heavy atom. The van der Waals surface area contributed by atoms with E-state index in [4.69, 9.17) is 0 Å². The molecule has 0 spiro atoms. The second-order valence-electron chi connectivity index (χ2n) is 3.60. The van der Waals surface area contributed by atoms with E-state index in [1.165, 1.54) is 16.9 Å². The lowest BCUT2D eigenvalue weighted by Gasteiger charge is -1.97. The molecule has 0 aliphatic rings. The Morgan fingerprint density at radius 2 is 2.00 bits per heavy atom. The van der Waals surface area contributed by atoms with Crippen molar-refractivity contribution in [2.24, 2.45) is 0 Å². The van der Waals surface area contributed by atoms with Crippen LogP contribution in [0.15, 0.2) is 48.7 Å². The minimum atomic E-state index is -0.343. The van der Waals surface area contributed by atoms with Crippen molar-refractivity contribution in [2.75, 3.05) is 0 Å². The van der Waals surface area contributed by atoms with Crippen LogP contribution in [0.1, 0.15) is 0 Å². The fourth-order valence-corrected chi connectivity index (χ4v) is 1.52. The Kier molecular flexibility index (Phi) is 2.53. The molecule has 1 aromatic carbocycles. The van der Waals surface area contributed by atoms with Crippen molar-refractivity contribution in [2.45, 2.75) is 0 Å². The third-order valence-corrected chi connectivity index (χ3v) is 2.35. The van der Waals surface area contributed by atoms with Crippen molar-refractivity contribution in [1.82, 2.24) is 25.2 Å². The van der Waals surface area contributed by atoms with Crippen molar-refractivity contribution in [3.8, 4) is 17.2 Å². The van der Waals surface area contributed by atoms with E-state index in [0.717, 1.165) is 0 Å². The van der Waals surface area contributed by atoms with Gasteiger partial charge in [0.05, 0.1) is 5.69 Å². The first-order chi connectivity index (χ1) is 8.83. The van der Waals surface area contributed by atoms with Crippen LogP contribution in [-0.4, -0.2) is 25.2 Å². The molecule has 0 fully saturated rings. The fourth-order valence-electron chi connectivity index (χ4n) is 1.52. The van der Waals surface area contributed by atoms with Crippen molar-refractivity contribution in [3.63, 3.8) is 0 Å². The summed E-state index contributed by atoms with van der Waals surface area (Å²) >= 11 is 0. The Bertz CT molecular complexity index is 665. The third-order valence-electron chi connectivity index (χ3n) is 2.35. The Hall–Kier alpha value is -2.63. The Labute approximate surface area is 102 Å². The molecule has 0 aliphatic carbocycles. The van der Waals surface area contributed by atoms with Crippen molar-refractivity contribution in [3.05, 3.63) is 54.5 Å². The SMILES string of the molecule is Fc1cccc(-n2nnc(-c3ccccn3)n2)c1. The fraction of sp³-hybridized carbons (Fsp3) is 0. The van der Waals surface area contributed by atoms with Gasteiger partial charge in [-0.25, -0.2) is 4.39 Å². The zero-order valence-electron chi connectivity index (χ0n) is 9.23. The number of benzene rings is 1. The molecule has 18 heavy (non-hydrogen) atoms. The van der Waals surface area contributed by atoms with Crippen molar-refractivity contribution >= 4 is 0 Å². The molecule has 0 radical (unpaired) electrons. The van der Waals surface area contributed by atoms with Crippen molar-refractivity contribution in [1.29, 1.82) is 0 Å². The van der Waals surface area contributed by atoms with Gasteiger partial charge in [-0.3, -0.25) is 4.98 Å². The average molecular weight is 241 g/mol. The van der Waals surface area contributed by atoms with Gasteiger partial charge in [-0.2, -0.15) is 0 Å². The molecule has 5 nitrogen and oxygen atoms in total. The van der Waals surface area contributed by atoms with Gasteiger partial charge < -0.3 is 0 Å². The molecule has 0 saturated carbocycles. The number of aromatic nitrogens is 5. The first kappa shape index (κ1) is 10.5. The molecule has 0 amide bonds. The second-order valence-corrected chi connectivity index (χ2v) is 3.60. The van der Waals surface area contributed by atoms with Gasteiger partial charge in [-0.15, -0.1) is 15.0 Å². The topological polar surface area (TPSA) is 56.5 Å². The lowest BCUT2D eigenvalue weighted by molar-refractivity contribution is 0.621. The number of hydrogen-bond donors (Lipinski definition) is 0. The van der Waals surface area contributed by atoms with Crippen LogP contribution in [0.3, 0.4) is 0 Å².